The molecular weight excluding hydrogens is 106 g/mol. The van der Waals surface area contributed by atoms with E-state index in [1.54, 1.807) is 0 Å². The smallest absolute Gasteiger partial charge is 0 e. The van der Waals surface area contributed by atoms with Crippen LogP contribution in [0.15, 0.2) is 0 Å². The van der Waals surface area contributed by atoms with Crippen molar-refractivity contribution in [2.24, 2.45) is 0 Å². The van der Waals surface area contributed by atoms with Gasteiger partial charge >= 0.3 is 0 Å². The van der Waals surface area contributed by atoms with E-state index in [1.807, 2.05) is 0 Å². The number of rotatable bonds is 0. The molecule has 0 saturated heterocycles. The molecule has 3 N–H and O–H groups in total. The summed E-state index contributed by atoms with van der Waals surface area (Å²) in [4.78, 5) is 0. The average Bonchev–Trinajstić information content (AvgIpc) is 0. The van der Waals surface area contributed by atoms with Gasteiger partial charge in [0, 0.05) is 118 Å². The maximum Gasteiger partial charge on any atom is 0 e. The van der Waals surface area contributed by atoms with Gasteiger partial charge in [-0.05, 0) is 0 Å². The third-order valence-corrected chi connectivity index (χ3v) is 0. The summed E-state index contributed by atoms with van der Waals surface area (Å²) in [6.07, 6.45) is 0. The Bertz CT molecular complexity index is 3.61. The zero-order chi connectivity index (χ0) is 0. The molecule has 0 aromatic rings. The topological polar surface area (TPSA) is 35.0 Å². The van der Waals surface area contributed by atoms with Crippen LogP contribution in [-0.2, 0) is 0 Å². The molecule has 1 nitrogen and oxygen atoms in total. The van der Waals surface area contributed by atoms with Gasteiger partial charge in [0.25, 0.3) is 0 Å². The SMILES string of the molecule is N.[Na].[Na].[Na].[Na]. The van der Waals surface area contributed by atoms with Crippen molar-refractivity contribution >= 4 is 118 Å². The van der Waals surface area contributed by atoms with Crippen LogP contribution in [0.25, 0.3) is 0 Å². The summed E-state index contributed by atoms with van der Waals surface area (Å²) in [5.74, 6) is 0. The minimum atomic E-state index is 0. The molecule has 0 bridgehead atoms. The van der Waals surface area contributed by atoms with Crippen molar-refractivity contribution in [2.75, 3.05) is 0 Å². The molecule has 5 heavy (non-hydrogen) atoms. The molecule has 0 aromatic carbocycles. The summed E-state index contributed by atoms with van der Waals surface area (Å²) in [7, 11) is 0. The minimum Gasteiger partial charge on any atom is -0.344 e. The Balaban J connectivity index is 0. The van der Waals surface area contributed by atoms with E-state index in [0.29, 0.717) is 0 Å². The van der Waals surface area contributed by atoms with Crippen LogP contribution in [0, 0.1) is 0 Å². The molecule has 0 amide bonds. The van der Waals surface area contributed by atoms with Gasteiger partial charge in [0.15, 0.2) is 0 Å². The molecule has 0 aliphatic rings. The van der Waals surface area contributed by atoms with E-state index in [1.165, 1.54) is 0 Å². The maximum atomic E-state index is 0. The fourth-order valence-electron chi connectivity index (χ4n) is 0. The van der Waals surface area contributed by atoms with Crippen LogP contribution in [0.2, 0.25) is 0 Å². The Morgan fingerprint density at radius 2 is 0.400 bits per heavy atom. The first-order chi connectivity index (χ1) is 0. The molecule has 0 aliphatic heterocycles. The average molecular weight is 109 g/mol. The normalized spacial score (nSPS) is 0. The quantitative estimate of drug-likeness (QED) is 0.383. The Kier molecular flexibility index (Phi) is 178. The molecule has 5 heteroatoms. The molecule has 0 saturated carbocycles. The van der Waals surface area contributed by atoms with Crippen LogP contribution in [0.3, 0.4) is 0 Å². The van der Waals surface area contributed by atoms with Crippen LogP contribution in [-0.4, -0.2) is 118 Å². The van der Waals surface area contributed by atoms with Crippen molar-refractivity contribution in [1.29, 1.82) is 0 Å². The van der Waals surface area contributed by atoms with Crippen molar-refractivity contribution in [3.8, 4) is 0 Å². The number of hydrogen-bond donors (Lipinski definition) is 1. The summed E-state index contributed by atoms with van der Waals surface area (Å²) in [6, 6.07) is 0. The molecule has 0 atom stereocenters. The zero-order valence-corrected chi connectivity index (χ0v) is 12.7. The molecular formula is H3NNa4. The molecule has 0 aliphatic carbocycles. The van der Waals surface area contributed by atoms with Gasteiger partial charge in [0.1, 0.15) is 0 Å². The van der Waals surface area contributed by atoms with Gasteiger partial charge in [-0.1, -0.05) is 0 Å². The third kappa shape index (κ3) is 18.0. The molecule has 0 spiro atoms. The second-order valence-corrected chi connectivity index (χ2v) is 0. The van der Waals surface area contributed by atoms with Crippen molar-refractivity contribution in [1.82, 2.24) is 6.15 Å². The van der Waals surface area contributed by atoms with Crippen LogP contribution in [0.4, 0.5) is 0 Å². The molecule has 0 unspecified atom stereocenters. The van der Waals surface area contributed by atoms with Crippen molar-refractivity contribution in [2.45, 2.75) is 0 Å². The van der Waals surface area contributed by atoms with Crippen LogP contribution in [0.1, 0.15) is 0 Å². The minimum absolute atomic E-state index is 0. The first kappa shape index (κ1) is 36.2. The first-order valence-electron chi connectivity index (χ1n) is 0. The van der Waals surface area contributed by atoms with Gasteiger partial charge in [-0.25, -0.2) is 0 Å². The van der Waals surface area contributed by atoms with Gasteiger partial charge in [-0.3, -0.25) is 0 Å². The Hall–Kier alpha value is 3.96. The third-order valence-electron chi connectivity index (χ3n) is 0. The van der Waals surface area contributed by atoms with E-state index in [-0.39, 0.29) is 124 Å². The summed E-state index contributed by atoms with van der Waals surface area (Å²) >= 11 is 0. The van der Waals surface area contributed by atoms with E-state index in [9.17, 15) is 0 Å². The van der Waals surface area contributed by atoms with Gasteiger partial charge in [-0.2, -0.15) is 0 Å². The summed E-state index contributed by atoms with van der Waals surface area (Å²) < 4.78 is 0. The maximum absolute atomic E-state index is 0. The summed E-state index contributed by atoms with van der Waals surface area (Å²) in [5, 5.41) is 0. The van der Waals surface area contributed by atoms with E-state index in [2.05, 4.69) is 0 Å². The largest absolute Gasteiger partial charge is 0.344 e. The molecule has 0 fully saturated rings. The molecule has 0 heterocycles. The van der Waals surface area contributed by atoms with E-state index in [0.717, 1.165) is 0 Å². The first-order valence-corrected chi connectivity index (χ1v) is 0. The predicted molar refractivity (Wildman–Crippen MR) is 28.0 cm³/mol. The molecule has 0 aromatic heterocycles. The van der Waals surface area contributed by atoms with Gasteiger partial charge < -0.3 is 6.15 Å². The monoisotopic (exact) mass is 109 g/mol. The Labute approximate surface area is 121 Å². The molecule has 0 rings (SSSR count). The summed E-state index contributed by atoms with van der Waals surface area (Å²) in [5.41, 5.74) is 0. The van der Waals surface area contributed by atoms with Crippen LogP contribution < -0.4 is 6.15 Å². The van der Waals surface area contributed by atoms with Gasteiger partial charge in [-0.15, -0.1) is 0 Å². The van der Waals surface area contributed by atoms with Crippen LogP contribution in [0.5, 0.6) is 0 Å². The Morgan fingerprint density at radius 1 is 0.400 bits per heavy atom. The second kappa shape index (κ2) is 24.6. The predicted octanol–water partition coefficient (Wildman–Crippen LogP) is -1.36. The van der Waals surface area contributed by atoms with Crippen molar-refractivity contribution < 1.29 is 0 Å². The fraction of sp³-hybridized carbons (Fsp3) is 0. The molecule has 12 valence electrons. The van der Waals surface area contributed by atoms with Gasteiger partial charge in [0.05, 0.1) is 0 Å². The molecule has 4 radical (unpaired) electrons. The Morgan fingerprint density at radius 3 is 0.400 bits per heavy atom. The van der Waals surface area contributed by atoms with Crippen molar-refractivity contribution in [3.63, 3.8) is 0 Å². The van der Waals surface area contributed by atoms with Gasteiger partial charge in [0.2, 0.25) is 0 Å². The van der Waals surface area contributed by atoms with Crippen molar-refractivity contribution in [3.05, 3.63) is 0 Å². The summed E-state index contributed by atoms with van der Waals surface area (Å²) in [6.45, 7) is 0. The van der Waals surface area contributed by atoms with Crippen LogP contribution >= 0.6 is 0 Å². The fourth-order valence-corrected chi connectivity index (χ4v) is 0. The standard InChI is InChI=1S/H3N.4Na/h1H3;;;;. The van der Waals surface area contributed by atoms with E-state index in [4.69, 9.17) is 0 Å². The second-order valence-electron chi connectivity index (χ2n) is 0. The zero-order valence-electron chi connectivity index (χ0n) is 4.71. The van der Waals surface area contributed by atoms with E-state index < -0.39 is 0 Å². The number of hydrogen-bond acceptors (Lipinski definition) is 1. The van der Waals surface area contributed by atoms with E-state index >= 15 is 0 Å².